The van der Waals surface area contributed by atoms with Gasteiger partial charge in [-0.2, -0.15) is 5.26 Å². The minimum absolute atomic E-state index is 0.0220. The van der Waals surface area contributed by atoms with Crippen LogP contribution in [0.15, 0.2) is 36.4 Å². The molecule has 2 aromatic carbocycles. The molecule has 0 saturated carbocycles. The zero-order valence-corrected chi connectivity index (χ0v) is 28.2. The van der Waals surface area contributed by atoms with Crippen LogP contribution in [-0.4, -0.2) is 89.8 Å². The zero-order chi connectivity index (χ0) is 34.3. The predicted octanol–water partition coefficient (Wildman–Crippen LogP) is 4.19. The van der Waals surface area contributed by atoms with Gasteiger partial charge in [0.15, 0.2) is 17.6 Å². The van der Waals surface area contributed by atoms with Crippen LogP contribution in [0.1, 0.15) is 44.7 Å². The average Bonchev–Trinajstić information content (AvgIpc) is 3.03. The summed E-state index contributed by atoms with van der Waals surface area (Å²) in [5.41, 5.74) is 0.979. The molecule has 254 valence electrons. The highest BCUT2D eigenvalue weighted by Crippen LogP contribution is 2.45. The predicted molar refractivity (Wildman–Crippen MR) is 172 cm³/mol. The number of hydrogen-bond acceptors (Lipinski definition) is 11. The van der Waals surface area contributed by atoms with E-state index in [0.717, 1.165) is 24.1 Å². The number of carbonyl (C=O) groups is 1. The molecule has 2 rings (SSSR count). The van der Waals surface area contributed by atoms with Crippen molar-refractivity contribution in [1.29, 1.82) is 5.26 Å². The van der Waals surface area contributed by atoms with Crippen molar-refractivity contribution in [3.05, 3.63) is 57.6 Å². The van der Waals surface area contributed by atoms with Crippen LogP contribution in [-0.2, 0) is 26.2 Å². The van der Waals surface area contributed by atoms with E-state index in [1.165, 1.54) is 7.11 Å². The van der Waals surface area contributed by atoms with Gasteiger partial charge < -0.3 is 38.7 Å². The third kappa shape index (κ3) is 10.4. The lowest BCUT2D eigenvalue weighted by Crippen LogP contribution is -2.47. The summed E-state index contributed by atoms with van der Waals surface area (Å²) in [5.74, 6) is 1.69. The van der Waals surface area contributed by atoms with Gasteiger partial charge >= 0.3 is 0 Å². The highest BCUT2D eigenvalue weighted by Gasteiger charge is 2.37. The van der Waals surface area contributed by atoms with Crippen molar-refractivity contribution >= 4 is 5.91 Å². The summed E-state index contributed by atoms with van der Waals surface area (Å²) >= 11 is 0. The number of nitrogens with zero attached hydrogens (tertiary/aromatic N) is 3. The molecular formula is C33H48N4O9. The third-order valence-corrected chi connectivity index (χ3v) is 8.06. The maximum absolute atomic E-state index is 11.9. The molecule has 0 aliphatic heterocycles. The maximum atomic E-state index is 11.9. The van der Waals surface area contributed by atoms with Crippen LogP contribution >= 0.6 is 0 Å². The molecule has 2 aromatic rings. The van der Waals surface area contributed by atoms with Crippen molar-refractivity contribution in [2.75, 3.05) is 61.8 Å². The van der Waals surface area contributed by atoms with Gasteiger partial charge in [0, 0.05) is 13.7 Å². The minimum atomic E-state index is -1.03. The minimum Gasteiger partial charge on any atom is -0.493 e. The SMILES string of the molecule is COCC(=O)NC(C)C(COc1ccccc1CCN(C)CCCC(C#N)(c1cc(OC)c(OC)c(OC)c1)C(C)C)O[N+](=O)[O-]. The second kappa shape index (κ2) is 18.6. The zero-order valence-electron chi connectivity index (χ0n) is 28.2. The van der Waals surface area contributed by atoms with Crippen molar-refractivity contribution in [3.8, 4) is 29.1 Å². The van der Waals surface area contributed by atoms with Crippen LogP contribution in [0.5, 0.6) is 23.0 Å². The van der Waals surface area contributed by atoms with Crippen LogP contribution < -0.4 is 24.3 Å². The van der Waals surface area contributed by atoms with Crippen molar-refractivity contribution in [2.45, 2.75) is 57.6 Å². The molecular weight excluding hydrogens is 596 g/mol. The molecule has 1 N–H and O–H groups in total. The lowest BCUT2D eigenvalue weighted by atomic mass is 9.69. The van der Waals surface area contributed by atoms with Gasteiger partial charge in [-0.15, -0.1) is 10.1 Å². The Kier molecular flexibility index (Phi) is 15.4. The number of likely N-dealkylation sites (N-methyl/N-ethyl adjacent to an activating group) is 1. The van der Waals surface area contributed by atoms with Gasteiger partial charge in [-0.3, -0.25) is 4.79 Å². The van der Waals surface area contributed by atoms with Crippen LogP contribution in [0.2, 0.25) is 0 Å². The van der Waals surface area contributed by atoms with Gasteiger partial charge in [0.25, 0.3) is 5.09 Å². The fourth-order valence-electron chi connectivity index (χ4n) is 5.32. The van der Waals surface area contributed by atoms with E-state index in [0.29, 0.717) is 42.4 Å². The molecule has 0 bridgehead atoms. The first-order valence-electron chi connectivity index (χ1n) is 15.2. The van der Waals surface area contributed by atoms with Crippen molar-refractivity contribution < 1.29 is 38.4 Å². The van der Waals surface area contributed by atoms with Gasteiger partial charge in [-0.05, 0) is 75.0 Å². The molecule has 1 amide bonds. The molecule has 0 aliphatic rings. The quantitative estimate of drug-likeness (QED) is 0.154. The summed E-state index contributed by atoms with van der Waals surface area (Å²) in [4.78, 5) is 30.0. The number of ether oxygens (including phenoxy) is 5. The molecule has 0 radical (unpaired) electrons. The van der Waals surface area contributed by atoms with E-state index in [4.69, 9.17) is 28.5 Å². The van der Waals surface area contributed by atoms with Crippen molar-refractivity contribution in [1.82, 2.24) is 10.2 Å². The van der Waals surface area contributed by atoms with E-state index in [9.17, 15) is 20.2 Å². The third-order valence-electron chi connectivity index (χ3n) is 8.06. The van der Waals surface area contributed by atoms with Crippen LogP contribution in [0.3, 0.4) is 0 Å². The van der Waals surface area contributed by atoms with Crippen LogP contribution in [0.25, 0.3) is 0 Å². The number of benzene rings is 2. The molecule has 0 fully saturated rings. The summed E-state index contributed by atoms with van der Waals surface area (Å²) < 4.78 is 27.4. The first-order valence-corrected chi connectivity index (χ1v) is 15.2. The molecule has 0 aliphatic carbocycles. The summed E-state index contributed by atoms with van der Waals surface area (Å²) in [6, 6.07) is 13.1. The van der Waals surface area contributed by atoms with Gasteiger partial charge in [0.1, 0.15) is 19.0 Å². The highest BCUT2D eigenvalue weighted by atomic mass is 17.0. The molecule has 0 saturated heterocycles. The number of nitrogens with one attached hydrogen (secondary N) is 1. The largest absolute Gasteiger partial charge is 0.493 e. The summed E-state index contributed by atoms with van der Waals surface area (Å²) in [5, 5.41) is 23.3. The topological polar surface area (TPSA) is 155 Å². The monoisotopic (exact) mass is 644 g/mol. The van der Waals surface area contributed by atoms with Gasteiger partial charge in [0.2, 0.25) is 11.7 Å². The molecule has 13 nitrogen and oxygen atoms in total. The molecule has 0 aromatic heterocycles. The lowest BCUT2D eigenvalue weighted by molar-refractivity contribution is -0.769. The number of amides is 1. The fraction of sp³-hybridized carbons (Fsp3) is 0.576. The van der Waals surface area contributed by atoms with Crippen LogP contribution in [0.4, 0.5) is 0 Å². The average molecular weight is 645 g/mol. The number of para-hydroxylation sites is 1. The molecule has 3 unspecified atom stereocenters. The first-order chi connectivity index (χ1) is 22.0. The molecule has 46 heavy (non-hydrogen) atoms. The summed E-state index contributed by atoms with van der Waals surface area (Å²) in [6.45, 7) is 6.84. The standard InChI is InChI=1S/C33H48N4O9/c1-23(2)33(22-34,26-18-28(42-6)32(44-8)29(19-26)43-7)15-11-16-36(4)17-14-25-12-9-10-13-27(25)45-20-30(46-37(39)40)24(3)35-31(38)21-41-5/h9-10,12-13,18-19,23-24,30H,11,14-17,20-21H2,1-8H3,(H,35,38). The summed E-state index contributed by atoms with van der Waals surface area (Å²) in [6.07, 6.45) is 1.02. The maximum Gasteiger partial charge on any atom is 0.294 e. The van der Waals surface area contributed by atoms with Gasteiger partial charge in [-0.25, -0.2) is 0 Å². The van der Waals surface area contributed by atoms with Crippen molar-refractivity contribution in [3.63, 3.8) is 0 Å². The van der Waals surface area contributed by atoms with E-state index >= 15 is 0 Å². The Balaban J connectivity index is 2.07. The number of methoxy groups -OCH3 is 4. The van der Waals surface area contributed by atoms with Crippen LogP contribution in [0, 0.1) is 27.4 Å². The Morgan fingerprint density at radius 3 is 2.24 bits per heavy atom. The Bertz CT molecular complexity index is 1290. The molecule has 0 spiro atoms. The Labute approximate surface area is 271 Å². The first kappa shape index (κ1) is 37.9. The second-order valence-electron chi connectivity index (χ2n) is 11.4. The van der Waals surface area contributed by atoms with Gasteiger partial charge in [-0.1, -0.05) is 32.0 Å². The van der Waals surface area contributed by atoms with Gasteiger partial charge in [0.05, 0.1) is 38.9 Å². The Hall–Kier alpha value is -4.28. The highest BCUT2D eigenvalue weighted by molar-refractivity contribution is 5.77. The fourth-order valence-corrected chi connectivity index (χ4v) is 5.32. The summed E-state index contributed by atoms with van der Waals surface area (Å²) in [7, 11) is 8.08. The van der Waals surface area contributed by atoms with E-state index in [1.54, 1.807) is 34.3 Å². The molecule has 13 heteroatoms. The lowest BCUT2D eigenvalue weighted by Gasteiger charge is -2.33. The number of carbonyl (C=O) groups excluding carboxylic acids is 1. The second-order valence-corrected chi connectivity index (χ2v) is 11.4. The van der Waals surface area contributed by atoms with E-state index in [2.05, 4.69) is 16.3 Å². The van der Waals surface area contributed by atoms with E-state index < -0.39 is 28.6 Å². The van der Waals surface area contributed by atoms with E-state index in [-0.39, 0.29) is 19.1 Å². The van der Waals surface area contributed by atoms with E-state index in [1.807, 2.05) is 51.2 Å². The molecule has 3 atom stereocenters. The number of rotatable bonds is 21. The Morgan fingerprint density at radius 1 is 1.04 bits per heavy atom. The normalized spacial score (nSPS) is 13.7. The Morgan fingerprint density at radius 2 is 1.70 bits per heavy atom. The molecule has 0 heterocycles. The van der Waals surface area contributed by atoms with Crippen molar-refractivity contribution in [2.24, 2.45) is 5.92 Å². The number of hydrogen-bond donors (Lipinski definition) is 1. The number of nitriles is 1. The smallest absolute Gasteiger partial charge is 0.294 e.